The number of benzene rings is 2. The average molecular weight is 350 g/mol. The molecular weight excluding hydrogens is 336 g/mol. The van der Waals surface area contributed by atoms with Crippen LogP contribution in [-0.2, 0) is 0 Å². The van der Waals surface area contributed by atoms with Gasteiger partial charge in [-0.2, -0.15) is 0 Å². The van der Waals surface area contributed by atoms with Crippen LogP contribution < -0.4 is 5.73 Å². The highest BCUT2D eigenvalue weighted by atomic mass is 32.2. The third-order valence-electron chi connectivity index (χ3n) is 3.68. The fourth-order valence-corrected chi connectivity index (χ4v) is 3.80. The van der Waals surface area contributed by atoms with E-state index in [2.05, 4.69) is 28.4 Å². The topological polar surface area (TPSA) is 64.7 Å². The van der Waals surface area contributed by atoms with E-state index in [1.807, 2.05) is 36.4 Å². The van der Waals surface area contributed by atoms with E-state index in [4.69, 9.17) is 10.7 Å². The Bertz CT molecular complexity index is 976. The molecular formula is C18H14N4S2. The molecule has 0 saturated carbocycles. The lowest BCUT2D eigenvalue weighted by Crippen LogP contribution is -1.98. The Kier molecular flexibility index (Phi) is 3.92. The van der Waals surface area contributed by atoms with Gasteiger partial charge < -0.3 is 5.73 Å². The molecule has 6 heteroatoms. The zero-order valence-corrected chi connectivity index (χ0v) is 14.6. The van der Waals surface area contributed by atoms with Crippen molar-refractivity contribution < 1.29 is 0 Å². The van der Waals surface area contributed by atoms with Gasteiger partial charge in [0, 0.05) is 10.5 Å². The van der Waals surface area contributed by atoms with Crippen LogP contribution in [0.3, 0.4) is 0 Å². The van der Waals surface area contributed by atoms with E-state index in [0.29, 0.717) is 11.5 Å². The van der Waals surface area contributed by atoms with Crippen molar-refractivity contribution in [2.45, 2.75) is 4.90 Å². The number of nitrogens with two attached hydrogens (primary N) is 1. The van der Waals surface area contributed by atoms with E-state index in [1.165, 1.54) is 4.90 Å². The highest BCUT2D eigenvalue weighted by Gasteiger charge is 2.13. The van der Waals surface area contributed by atoms with Gasteiger partial charge in [0.25, 0.3) is 0 Å². The van der Waals surface area contributed by atoms with Gasteiger partial charge in [-0.1, -0.05) is 24.3 Å². The number of rotatable bonds is 3. The van der Waals surface area contributed by atoms with Gasteiger partial charge in [-0.05, 0) is 30.5 Å². The molecule has 0 fully saturated rings. The van der Waals surface area contributed by atoms with E-state index in [-0.39, 0.29) is 0 Å². The van der Waals surface area contributed by atoms with E-state index in [1.54, 1.807) is 29.3 Å². The van der Waals surface area contributed by atoms with Crippen LogP contribution in [0.4, 0.5) is 5.82 Å². The van der Waals surface area contributed by atoms with Crippen LogP contribution in [0.2, 0.25) is 0 Å². The Hall–Kier alpha value is -2.44. The van der Waals surface area contributed by atoms with Gasteiger partial charge in [0.15, 0.2) is 5.82 Å². The Balaban J connectivity index is 1.80. The molecule has 4 aromatic rings. The minimum Gasteiger partial charge on any atom is -0.382 e. The average Bonchev–Trinajstić information content (AvgIpc) is 3.06. The van der Waals surface area contributed by atoms with Crippen molar-refractivity contribution in [1.29, 1.82) is 0 Å². The number of nitrogen functional groups attached to an aromatic ring is 1. The Labute approximate surface area is 147 Å². The molecule has 0 spiro atoms. The standard InChI is InChI=1S/C18H14N4S2/c1-23-12-8-6-11(7-9-12)14-10-20-17(19)16(21-14)18-22-13-4-2-3-5-15(13)24-18/h2-10H,1H3,(H2,19,20). The first kappa shape index (κ1) is 15.1. The molecule has 2 N–H and O–H groups in total. The first-order valence-electron chi connectivity index (χ1n) is 7.37. The van der Waals surface area contributed by atoms with Gasteiger partial charge in [0.05, 0.1) is 22.1 Å². The molecule has 0 radical (unpaired) electrons. The first-order chi connectivity index (χ1) is 11.7. The van der Waals surface area contributed by atoms with Crippen LogP contribution in [0.5, 0.6) is 0 Å². The smallest absolute Gasteiger partial charge is 0.152 e. The number of nitrogens with zero attached hydrogens (tertiary/aromatic N) is 3. The number of aromatic nitrogens is 3. The summed E-state index contributed by atoms with van der Waals surface area (Å²) in [4.78, 5) is 14.9. The summed E-state index contributed by atoms with van der Waals surface area (Å²) in [6.45, 7) is 0. The quantitative estimate of drug-likeness (QED) is 0.541. The van der Waals surface area contributed by atoms with Gasteiger partial charge in [0.1, 0.15) is 10.7 Å². The van der Waals surface area contributed by atoms with Gasteiger partial charge in [-0.25, -0.2) is 15.0 Å². The summed E-state index contributed by atoms with van der Waals surface area (Å²) >= 11 is 3.29. The largest absolute Gasteiger partial charge is 0.382 e. The van der Waals surface area contributed by atoms with Crippen molar-refractivity contribution >= 4 is 39.1 Å². The third-order valence-corrected chi connectivity index (χ3v) is 5.47. The second-order valence-electron chi connectivity index (χ2n) is 5.20. The molecule has 2 heterocycles. The molecule has 0 aliphatic rings. The number of fused-ring (bicyclic) bond motifs is 1. The van der Waals surface area contributed by atoms with Crippen molar-refractivity contribution in [3.63, 3.8) is 0 Å². The van der Waals surface area contributed by atoms with Crippen LogP contribution in [0.1, 0.15) is 0 Å². The summed E-state index contributed by atoms with van der Waals surface area (Å²) < 4.78 is 1.11. The minimum atomic E-state index is 0.401. The molecule has 0 aliphatic heterocycles. The van der Waals surface area contributed by atoms with E-state index >= 15 is 0 Å². The number of anilines is 1. The fourth-order valence-electron chi connectivity index (χ4n) is 2.43. The van der Waals surface area contributed by atoms with Crippen LogP contribution in [0.15, 0.2) is 59.6 Å². The first-order valence-corrected chi connectivity index (χ1v) is 9.41. The molecule has 4 rings (SSSR count). The van der Waals surface area contributed by atoms with E-state index < -0.39 is 0 Å². The summed E-state index contributed by atoms with van der Waals surface area (Å²) in [7, 11) is 0. The lowest BCUT2D eigenvalue weighted by Gasteiger charge is -2.05. The minimum absolute atomic E-state index is 0.401. The van der Waals surface area contributed by atoms with Crippen LogP contribution in [0, 0.1) is 0 Å². The maximum absolute atomic E-state index is 6.06. The molecule has 2 aromatic carbocycles. The normalized spacial score (nSPS) is 11.0. The fraction of sp³-hybridized carbons (Fsp3) is 0.0556. The number of thioether (sulfide) groups is 1. The van der Waals surface area contributed by atoms with Crippen molar-refractivity contribution in [2.24, 2.45) is 0 Å². The van der Waals surface area contributed by atoms with Gasteiger partial charge in [0.2, 0.25) is 0 Å². The SMILES string of the molecule is CSc1ccc(-c2cnc(N)c(-c3nc4ccccc4s3)n2)cc1. The zero-order valence-electron chi connectivity index (χ0n) is 12.9. The Morgan fingerprint density at radius 2 is 1.79 bits per heavy atom. The van der Waals surface area contributed by atoms with Gasteiger partial charge in [-0.3, -0.25) is 0 Å². The van der Waals surface area contributed by atoms with Crippen molar-refractivity contribution in [2.75, 3.05) is 12.0 Å². The molecule has 0 unspecified atom stereocenters. The van der Waals surface area contributed by atoms with Crippen molar-refractivity contribution in [3.05, 3.63) is 54.7 Å². The third kappa shape index (κ3) is 2.74. The predicted molar refractivity (Wildman–Crippen MR) is 102 cm³/mol. The zero-order chi connectivity index (χ0) is 16.5. The second kappa shape index (κ2) is 6.22. The summed E-state index contributed by atoms with van der Waals surface area (Å²) in [5.74, 6) is 0.401. The molecule has 24 heavy (non-hydrogen) atoms. The summed E-state index contributed by atoms with van der Waals surface area (Å²) in [5, 5.41) is 0.795. The monoisotopic (exact) mass is 350 g/mol. The van der Waals surface area contributed by atoms with Crippen LogP contribution in [-0.4, -0.2) is 21.2 Å². The van der Waals surface area contributed by atoms with Crippen LogP contribution in [0.25, 0.3) is 32.2 Å². The summed E-state index contributed by atoms with van der Waals surface area (Å²) in [6, 6.07) is 16.3. The molecule has 4 nitrogen and oxygen atoms in total. The molecule has 0 bridgehead atoms. The molecule has 2 aromatic heterocycles. The maximum Gasteiger partial charge on any atom is 0.152 e. The number of thiazole rings is 1. The van der Waals surface area contributed by atoms with Crippen LogP contribution >= 0.6 is 23.1 Å². The lowest BCUT2D eigenvalue weighted by molar-refractivity contribution is 1.21. The van der Waals surface area contributed by atoms with Gasteiger partial charge >= 0.3 is 0 Å². The highest BCUT2D eigenvalue weighted by Crippen LogP contribution is 2.32. The lowest BCUT2D eigenvalue weighted by atomic mass is 10.1. The summed E-state index contributed by atoms with van der Waals surface area (Å²) in [6.07, 6.45) is 3.77. The Morgan fingerprint density at radius 1 is 1.00 bits per heavy atom. The highest BCUT2D eigenvalue weighted by molar-refractivity contribution is 7.98. The number of para-hydroxylation sites is 1. The molecule has 0 aliphatic carbocycles. The molecule has 118 valence electrons. The Morgan fingerprint density at radius 3 is 2.54 bits per heavy atom. The van der Waals surface area contributed by atoms with Crippen molar-refractivity contribution in [3.8, 4) is 22.0 Å². The second-order valence-corrected chi connectivity index (χ2v) is 7.11. The predicted octanol–water partition coefficient (Wildman–Crippen LogP) is 4.72. The number of hydrogen-bond donors (Lipinski definition) is 1. The number of hydrogen-bond acceptors (Lipinski definition) is 6. The maximum atomic E-state index is 6.06. The van der Waals surface area contributed by atoms with Crippen molar-refractivity contribution in [1.82, 2.24) is 15.0 Å². The van der Waals surface area contributed by atoms with E-state index in [9.17, 15) is 0 Å². The van der Waals surface area contributed by atoms with Gasteiger partial charge in [-0.15, -0.1) is 23.1 Å². The molecule has 0 amide bonds. The molecule has 0 saturated heterocycles. The molecule has 0 atom stereocenters. The summed E-state index contributed by atoms with van der Waals surface area (Å²) in [5.41, 5.74) is 9.46. The van der Waals surface area contributed by atoms with E-state index in [0.717, 1.165) is 26.5 Å².